The molecule has 0 fully saturated rings. The van der Waals surface area contributed by atoms with Gasteiger partial charge in [-0.1, -0.05) is 5.16 Å². The van der Waals surface area contributed by atoms with E-state index in [1.165, 1.54) is 0 Å². The Labute approximate surface area is 102 Å². The molecule has 0 aliphatic carbocycles. The number of anilines is 1. The van der Waals surface area contributed by atoms with E-state index in [-0.39, 0.29) is 11.4 Å². The molecule has 0 unspecified atom stereocenters. The van der Waals surface area contributed by atoms with Crippen LogP contribution in [0.1, 0.15) is 21.8 Å². The molecule has 1 heterocycles. The number of amides is 1. The van der Waals surface area contributed by atoms with Crippen LogP contribution in [0.2, 0.25) is 0 Å². The first-order valence-corrected chi connectivity index (χ1v) is 5.18. The zero-order valence-electron chi connectivity index (χ0n) is 9.75. The summed E-state index contributed by atoms with van der Waals surface area (Å²) in [7, 11) is 0. The van der Waals surface area contributed by atoms with Crippen molar-refractivity contribution < 1.29 is 18.1 Å². The number of aryl methyl sites for hydroxylation is 1. The molecule has 2 rings (SSSR count). The van der Waals surface area contributed by atoms with E-state index < -0.39 is 17.5 Å². The van der Waals surface area contributed by atoms with Crippen LogP contribution in [0.3, 0.4) is 0 Å². The van der Waals surface area contributed by atoms with Crippen molar-refractivity contribution in [2.24, 2.45) is 0 Å². The van der Waals surface area contributed by atoms with Crippen LogP contribution in [0.4, 0.5) is 14.5 Å². The number of aromatic nitrogens is 1. The van der Waals surface area contributed by atoms with E-state index in [0.29, 0.717) is 11.3 Å². The molecule has 2 aromatic rings. The molecule has 1 amide bonds. The lowest BCUT2D eigenvalue weighted by Crippen LogP contribution is -2.14. The molecule has 0 saturated heterocycles. The number of hydrogen-bond donors (Lipinski definition) is 1. The summed E-state index contributed by atoms with van der Waals surface area (Å²) in [6.45, 7) is 3.31. The number of nitrogens with one attached hydrogen (secondary N) is 1. The Morgan fingerprint density at radius 3 is 2.67 bits per heavy atom. The molecule has 0 spiro atoms. The Morgan fingerprint density at radius 1 is 1.33 bits per heavy atom. The summed E-state index contributed by atoms with van der Waals surface area (Å²) in [4.78, 5) is 11.8. The number of benzene rings is 1. The van der Waals surface area contributed by atoms with E-state index in [0.717, 1.165) is 18.2 Å². The van der Waals surface area contributed by atoms with E-state index in [1.807, 2.05) is 0 Å². The van der Waals surface area contributed by atoms with Crippen molar-refractivity contribution in [2.45, 2.75) is 13.8 Å². The van der Waals surface area contributed by atoms with Crippen molar-refractivity contribution in [1.82, 2.24) is 5.16 Å². The number of carbonyl (C=O) groups is 1. The molecule has 0 bridgehead atoms. The van der Waals surface area contributed by atoms with Crippen molar-refractivity contribution in [3.63, 3.8) is 0 Å². The topological polar surface area (TPSA) is 55.1 Å². The van der Waals surface area contributed by atoms with E-state index in [4.69, 9.17) is 4.52 Å². The van der Waals surface area contributed by atoms with Crippen LogP contribution in [-0.2, 0) is 0 Å². The van der Waals surface area contributed by atoms with Crippen LogP contribution in [0.5, 0.6) is 0 Å². The SMILES string of the molecule is Cc1onc(C(=O)Nc2cc(F)ccc2F)c1C. The highest BCUT2D eigenvalue weighted by Gasteiger charge is 2.17. The fraction of sp³-hybridized carbons (Fsp3) is 0.167. The minimum Gasteiger partial charge on any atom is -0.361 e. The zero-order chi connectivity index (χ0) is 13.3. The predicted molar refractivity (Wildman–Crippen MR) is 60.3 cm³/mol. The summed E-state index contributed by atoms with van der Waals surface area (Å²) < 4.78 is 31.1. The molecule has 1 N–H and O–H groups in total. The summed E-state index contributed by atoms with van der Waals surface area (Å²) >= 11 is 0. The minimum absolute atomic E-state index is 0.0520. The summed E-state index contributed by atoms with van der Waals surface area (Å²) in [5.74, 6) is -1.50. The number of hydrogen-bond acceptors (Lipinski definition) is 3. The van der Waals surface area contributed by atoms with Gasteiger partial charge in [-0.25, -0.2) is 8.78 Å². The molecule has 18 heavy (non-hydrogen) atoms. The van der Waals surface area contributed by atoms with E-state index >= 15 is 0 Å². The first-order valence-electron chi connectivity index (χ1n) is 5.18. The summed E-state index contributed by atoms with van der Waals surface area (Å²) in [6.07, 6.45) is 0. The average Bonchev–Trinajstić information content (AvgIpc) is 2.65. The van der Waals surface area contributed by atoms with Crippen molar-refractivity contribution >= 4 is 11.6 Å². The molecule has 0 saturated carbocycles. The third-order valence-electron chi connectivity index (χ3n) is 2.55. The maximum absolute atomic E-state index is 13.3. The smallest absolute Gasteiger partial charge is 0.278 e. The normalized spacial score (nSPS) is 10.4. The van der Waals surface area contributed by atoms with Gasteiger partial charge in [0.15, 0.2) is 5.69 Å². The third-order valence-corrected chi connectivity index (χ3v) is 2.55. The second-order valence-electron chi connectivity index (χ2n) is 3.79. The van der Waals surface area contributed by atoms with Gasteiger partial charge in [-0.15, -0.1) is 0 Å². The van der Waals surface area contributed by atoms with E-state index in [9.17, 15) is 13.6 Å². The van der Waals surface area contributed by atoms with Crippen LogP contribution in [0, 0.1) is 25.5 Å². The zero-order valence-corrected chi connectivity index (χ0v) is 9.75. The third kappa shape index (κ3) is 2.22. The molecular weight excluding hydrogens is 242 g/mol. The highest BCUT2D eigenvalue weighted by Crippen LogP contribution is 2.18. The van der Waals surface area contributed by atoms with Crippen LogP contribution in [0.15, 0.2) is 22.7 Å². The second kappa shape index (κ2) is 4.56. The van der Waals surface area contributed by atoms with Gasteiger partial charge in [-0.2, -0.15) is 0 Å². The first-order chi connectivity index (χ1) is 8.49. The quantitative estimate of drug-likeness (QED) is 0.894. The first kappa shape index (κ1) is 12.2. The van der Waals surface area contributed by atoms with Crippen LogP contribution in [-0.4, -0.2) is 11.1 Å². The van der Waals surface area contributed by atoms with Gasteiger partial charge < -0.3 is 9.84 Å². The van der Waals surface area contributed by atoms with Crippen LogP contribution >= 0.6 is 0 Å². The molecule has 4 nitrogen and oxygen atoms in total. The van der Waals surface area contributed by atoms with Gasteiger partial charge in [0.1, 0.15) is 17.4 Å². The fourth-order valence-corrected chi connectivity index (χ4v) is 1.40. The van der Waals surface area contributed by atoms with Crippen LogP contribution in [0.25, 0.3) is 0 Å². The standard InChI is InChI=1S/C12H10F2N2O2/c1-6-7(2)18-16-11(6)12(17)15-10-5-8(13)3-4-9(10)14/h3-5H,1-2H3,(H,15,17). The number of carbonyl (C=O) groups excluding carboxylic acids is 1. The lowest BCUT2D eigenvalue weighted by atomic mass is 10.2. The molecule has 6 heteroatoms. The van der Waals surface area contributed by atoms with Crippen molar-refractivity contribution in [1.29, 1.82) is 0 Å². The summed E-state index contributed by atoms with van der Waals surface area (Å²) in [5.41, 5.74) is 0.375. The van der Waals surface area contributed by atoms with Crippen molar-refractivity contribution in [3.8, 4) is 0 Å². The molecule has 94 valence electrons. The molecule has 0 radical (unpaired) electrons. The van der Waals surface area contributed by atoms with Gasteiger partial charge in [-0.3, -0.25) is 4.79 Å². The monoisotopic (exact) mass is 252 g/mol. The van der Waals surface area contributed by atoms with Gasteiger partial charge in [0.05, 0.1) is 5.69 Å². The van der Waals surface area contributed by atoms with E-state index in [1.54, 1.807) is 13.8 Å². The second-order valence-corrected chi connectivity index (χ2v) is 3.79. The maximum Gasteiger partial charge on any atom is 0.278 e. The maximum atomic E-state index is 13.3. The van der Waals surface area contributed by atoms with E-state index in [2.05, 4.69) is 10.5 Å². The Kier molecular flexibility index (Phi) is 3.10. The highest BCUT2D eigenvalue weighted by atomic mass is 19.1. The Balaban J connectivity index is 2.27. The Hall–Kier alpha value is -2.24. The van der Waals surface area contributed by atoms with Gasteiger partial charge in [0, 0.05) is 11.6 Å². The van der Waals surface area contributed by atoms with Gasteiger partial charge in [0.2, 0.25) is 0 Å². The molecule has 1 aromatic carbocycles. The lowest BCUT2D eigenvalue weighted by Gasteiger charge is -2.04. The summed E-state index contributed by atoms with van der Waals surface area (Å²) in [6, 6.07) is 2.80. The molecule has 0 aliphatic heterocycles. The van der Waals surface area contributed by atoms with Gasteiger partial charge in [0.25, 0.3) is 5.91 Å². The number of nitrogens with zero attached hydrogens (tertiary/aromatic N) is 1. The molecule has 1 aromatic heterocycles. The van der Waals surface area contributed by atoms with Crippen LogP contribution < -0.4 is 5.32 Å². The highest BCUT2D eigenvalue weighted by molar-refractivity contribution is 6.03. The lowest BCUT2D eigenvalue weighted by molar-refractivity contribution is 0.101. The van der Waals surface area contributed by atoms with Crippen molar-refractivity contribution in [2.75, 3.05) is 5.32 Å². The molecule has 0 atom stereocenters. The minimum atomic E-state index is -0.720. The fourth-order valence-electron chi connectivity index (χ4n) is 1.40. The summed E-state index contributed by atoms with van der Waals surface area (Å²) in [5, 5.41) is 5.81. The largest absolute Gasteiger partial charge is 0.361 e. The average molecular weight is 252 g/mol. The van der Waals surface area contributed by atoms with Gasteiger partial charge >= 0.3 is 0 Å². The van der Waals surface area contributed by atoms with Crippen molar-refractivity contribution in [3.05, 3.63) is 46.9 Å². The number of rotatable bonds is 2. The predicted octanol–water partition coefficient (Wildman–Crippen LogP) is 2.82. The Morgan fingerprint density at radius 2 is 2.06 bits per heavy atom. The van der Waals surface area contributed by atoms with Gasteiger partial charge in [-0.05, 0) is 26.0 Å². The number of halogens is 2. The Bertz CT molecular complexity index is 608. The molecular formula is C12H10F2N2O2. The molecule has 0 aliphatic rings.